The van der Waals surface area contributed by atoms with E-state index < -0.39 is 0 Å². The van der Waals surface area contributed by atoms with Gasteiger partial charge in [-0.05, 0) is 111 Å². The lowest BCUT2D eigenvalue weighted by molar-refractivity contribution is 1.62. The molecule has 0 aliphatic heterocycles. The smallest absolute Gasteiger partial charge is 0.00261 e. The third-order valence-electron chi connectivity index (χ3n) is 10.4. The minimum Gasteiger partial charge on any atom is -0.0622 e. The van der Waals surface area contributed by atoms with Gasteiger partial charge in [-0.2, -0.15) is 0 Å². The van der Waals surface area contributed by atoms with Gasteiger partial charge in [0, 0.05) is 0 Å². The monoisotopic (exact) mass is 632 g/mol. The van der Waals surface area contributed by atoms with E-state index in [1.165, 1.54) is 98.4 Å². The molecule has 0 aliphatic carbocycles. The van der Waals surface area contributed by atoms with Gasteiger partial charge in [0.05, 0.1) is 0 Å². The van der Waals surface area contributed by atoms with Crippen molar-refractivity contribution < 1.29 is 0 Å². The van der Waals surface area contributed by atoms with Crippen molar-refractivity contribution in [3.05, 3.63) is 194 Å². The van der Waals surface area contributed by atoms with Crippen molar-refractivity contribution in [1.29, 1.82) is 0 Å². The molecular formula is C50H32. The van der Waals surface area contributed by atoms with Gasteiger partial charge in [0.2, 0.25) is 0 Å². The highest BCUT2D eigenvalue weighted by Gasteiger charge is 2.18. The second kappa shape index (κ2) is 11.6. The molecular weight excluding hydrogens is 601 g/mol. The van der Waals surface area contributed by atoms with Crippen LogP contribution >= 0.6 is 0 Å². The predicted molar refractivity (Wildman–Crippen MR) is 216 cm³/mol. The van der Waals surface area contributed by atoms with Crippen LogP contribution in [0.1, 0.15) is 0 Å². The van der Waals surface area contributed by atoms with Gasteiger partial charge in [-0.25, -0.2) is 0 Å². The molecule has 0 heteroatoms. The van der Waals surface area contributed by atoms with Crippen LogP contribution in [0, 0.1) is 0 Å². The minimum atomic E-state index is 1.23. The summed E-state index contributed by atoms with van der Waals surface area (Å²) in [7, 11) is 0. The summed E-state index contributed by atoms with van der Waals surface area (Å²) >= 11 is 0. The maximum absolute atomic E-state index is 2.43. The molecule has 0 spiro atoms. The van der Waals surface area contributed by atoms with Crippen LogP contribution in [0.5, 0.6) is 0 Å². The number of hydrogen-bond donors (Lipinski definition) is 0. The molecule has 0 heterocycles. The third kappa shape index (κ3) is 4.46. The Morgan fingerprint density at radius 1 is 0.200 bits per heavy atom. The van der Waals surface area contributed by atoms with Crippen LogP contribution in [0.4, 0.5) is 0 Å². The van der Waals surface area contributed by atoms with Crippen molar-refractivity contribution in [1.82, 2.24) is 0 Å². The normalized spacial score (nSPS) is 11.6. The molecule has 10 rings (SSSR count). The van der Waals surface area contributed by atoms with E-state index in [-0.39, 0.29) is 0 Å². The van der Waals surface area contributed by atoms with Crippen molar-refractivity contribution in [2.75, 3.05) is 0 Å². The SMILES string of the molecule is c1ccc(-c2c3ccccc3c(-c3ccc4cccc(-c5ccccc5-c5cc6ccccc6c6ccccc56)c4c3)c3ccccc23)cc1. The average molecular weight is 633 g/mol. The summed E-state index contributed by atoms with van der Waals surface area (Å²) in [4.78, 5) is 0. The Kier molecular flexibility index (Phi) is 6.60. The molecule has 0 saturated heterocycles. The largest absolute Gasteiger partial charge is 0.0622 e. The molecule has 0 bridgehead atoms. The Morgan fingerprint density at radius 3 is 1.36 bits per heavy atom. The summed E-state index contributed by atoms with van der Waals surface area (Å²) in [6, 6.07) is 71.3. The number of rotatable bonds is 4. The Morgan fingerprint density at radius 2 is 0.680 bits per heavy atom. The van der Waals surface area contributed by atoms with Crippen molar-refractivity contribution >= 4 is 53.9 Å². The molecule has 0 nitrogen and oxygen atoms in total. The molecule has 10 aromatic rings. The van der Waals surface area contributed by atoms with E-state index in [4.69, 9.17) is 0 Å². The first-order valence-corrected chi connectivity index (χ1v) is 17.4. The number of fused-ring (bicyclic) bond motifs is 6. The number of benzene rings is 10. The molecule has 10 aromatic carbocycles. The van der Waals surface area contributed by atoms with Crippen LogP contribution in [0.15, 0.2) is 194 Å². The molecule has 0 aliphatic rings. The first-order valence-electron chi connectivity index (χ1n) is 17.4. The van der Waals surface area contributed by atoms with E-state index in [0.717, 1.165) is 0 Å². The van der Waals surface area contributed by atoms with E-state index in [9.17, 15) is 0 Å². The quantitative estimate of drug-likeness (QED) is 0.134. The van der Waals surface area contributed by atoms with Gasteiger partial charge in [-0.3, -0.25) is 0 Å². The lowest BCUT2D eigenvalue weighted by atomic mass is 9.84. The average Bonchev–Trinajstić information content (AvgIpc) is 3.19. The standard InChI is InChI=1S/C50H32/c1-2-15-34(16-3-1)49-43-24-10-12-26-45(43)50(46-27-13-11-25-44(46)49)36-30-29-33-18-14-28-40(47(33)32-36)39-21-7-9-23-42(39)48-31-35-17-4-5-19-37(35)38-20-6-8-22-41(38)48/h1-32H. The highest BCUT2D eigenvalue weighted by molar-refractivity contribution is 6.22. The van der Waals surface area contributed by atoms with E-state index in [1.54, 1.807) is 0 Å². The van der Waals surface area contributed by atoms with Gasteiger partial charge in [-0.15, -0.1) is 0 Å². The number of hydrogen-bond acceptors (Lipinski definition) is 0. The summed E-state index contributed by atoms with van der Waals surface area (Å²) in [5, 5.41) is 12.7. The molecule has 0 saturated carbocycles. The molecule has 232 valence electrons. The van der Waals surface area contributed by atoms with Crippen molar-refractivity contribution in [3.8, 4) is 44.5 Å². The van der Waals surface area contributed by atoms with Crippen LogP contribution in [0.25, 0.3) is 98.4 Å². The third-order valence-corrected chi connectivity index (χ3v) is 10.4. The highest BCUT2D eigenvalue weighted by atomic mass is 14.2. The summed E-state index contributed by atoms with van der Waals surface area (Å²) in [5.41, 5.74) is 10.0. The summed E-state index contributed by atoms with van der Waals surface area (Å²) in [6.07, 6.45) is 0. The predicted octanol–water partition coefficient (Wildman–Crippen LogP) is 14.1. The van der Waals surface area contributed by atoms with Gasteiger partial charge in [0.1, 0.15) is 0 Å². The summed E-state index contributed by atoms with van der Waals surface area (Å²) < 4.78 is 0. The van der Waals surface area contributed by atoms with Crippen molar-refractivity contribution in [2.24, 2.45) is 0 Å². The molecule has 0 fully saturated rings. The van der Waals surface area contributed by atoms with Gasteiger partial charge in [0.25, 0.3) is 0 Å². The molecule has 0 amide bonds. The topological polar surface area (TPSA) is 0 Å². The van der Waals surface area contributed by atoms with Crippen molar-refractivity contribution in [2.45, 2.75) is 0 Å². The van der Waals surface area contributed by atoms with Gasteiger partial charge in [-0.1, -0.05) is 182 Å². The molecule has 0 N–H and O–H groups in total. The zero-order valence-corrected chi connectivity index (χ0v) is 27.5. The molecule has 0 unspecified atom stereocenters. The van der Waals surface area contributed by atoms with Gasteiger partial charge < -0.3 is 0 Å². The Labute approximate surface area is 291 Å². The lowest BCUT2D eigenvalue weighted by Gasteiger charge is -2.19. The first kappa shape index (κ1) is 28.5. The fourth-order valence-electron chi connectivity index (χ4n) is 8.25. The lowest BCUT2D eigenvalue weighted by Crippen LogP contribution is -1.92. The van der Waals surface area contributed by atoms with Gasteiger partial charge in [0.15, 0.2) is 0 Å². The van der Waals surface area contributed by atoms with E-state index in [1.807, 2.05) is 0 Å². The van der Waals surface area contributed by atoms with E-state index >= 15 is 0 Å². The van der Waals surface area contributed by atoms with E-state index in [2.05, 4.69) is 194 Å². The summed E-state index contributed by atoms with van der Waals surface area (Å²) in [6.45, 7) is 0. The van der Waals surface area contributed by atoms with Crippen LogP contribution in [0.3, 0.4) is 0 Å². The zero-order valence-electron chi connectivity index (χ0n) is 27.5. The van der Waals surface area contributed by atoms with Gasteiger partial charge >= 0.3 is 0 Å². The second-order valence-corrected chi connectivity index (χ2v) is 13.2. The minimum absolute atomic E-state index is 1.23. The Bertz CT molecular complexity index is 2860. The zero-order chi connectivity index (χ0) is 33.0. The van der Waals surface area contributed by atoms with Crippen LogP contribution in [-0.4, -0.2) is 0 Å². The fourth-order valence-corrected chi connectivity index (χ4v) is 8.25. The molecule has 50 heavy (non-hydrogen) atoms. The van der Waals surface area contributed by atoms with Crippen LogP contribution in [-0.2, 0) is 0 Å². The highest BCUT2D eigenvalue weighted by Crippen LogP contribution is 2.46. The van der Waals surface area contributed by atoms with E-state index in [0.29, 0.717) is 0 Å². The Balaban J connectivity index is 1.24. The molecule has 0 atom stereocenters. The van der Waals surface area contributed by atoms with Crippen molar-refractivity contribution in [3.63, 3.8) is 0 Å². The maximum atomic E-state index is 2.43. The first-order chi connectivity index (χ1) is 24.8. The summed E-state index contributed by atoms with van der Waals surface area (Å²) in [5.74, 6) is 0. The fraction of sp³-hybridized carbons (Fsp3) is 0. The molecule has 0 radical (unpaired) electrons. The Hall–Kier alpha value is -6.50. The maximum Gasteiger partial charge on any atom is -0.00261 e. The molecule has 0 aromatic heterocycles. The van der Waals surface area contributed by atoms with Crippen LogP contribution in [0.2, 0.25) is 0 Å². The van der Waals surface area contributed by atoms with Crippen LogP contribution < -0.4 is 0 Å². The second-order valence-electron chi connectivity index (χ2n) is 13.2.